The Labute approximate surface area is 118 Å². The fraction of sp³-hybridized carbons (Fsp3) is 0.0769. The third-order valence-electron chi connectivity index (χ3n) is 1.92. The lowest BCUT2D eigenvalue weighted by Crippen LogP contribution is -2.13. The summed E-state index contributed by atoms with van der Waals surface area (Å²) in [5.74, 6) is -0.316. The minimum Gasteiger partial charge on any atom is -0.322 e. The molecule has 0 spiro atoms. The summed E-state index contributed by atoms with van der Waals surface area (Å²) in [7, 11) is -3.69. The third-order valence-corrected chi connectivity index (χ3v) is 2.85. The summed E-state index contributed by atoms with van der Waals surface area (Å²) in [4.78, 5) is 11.2. The van der Waals surface area contributed by atoms with E-state index in [0.717, 1.165) is 0 Å². The number of carbonyl (C=O) groups excluding carboxylic acids is 1. The predicted octanol–water partition coefficient (Wildman–Crippen LogP) is 1.54. The van der Waals surface area contributed by atoms with Gasteiger partial charge in [0.15, 0.2) is 0 Å². The Balaban J connectivity index is 0.000000796. The normalized spacial score (nSPS) is 9.45. The number of nitriles is 1. The van der Waals surface area contributed by atoms with E-state index < -0.39 is 10.0 Å². The highest BCUT2D eigenvalue weighted by molar-refractivity contribution is 7.89. The predicted molar refractivity (Wildman–Crippen MR) is 77.1 cm³/mol. The first kappa shape index (κ1) is 17.6. The number of anilines is 1. The molecule has 1 aromatic rings. The summed E-state index contributed by atoms with van der Waals surface area (Å²) >= 11 is 0. The smallest absolute Gasteiger partial charge is 0.250 e. The lowest BCUT2D eigenvalue weighted by Gasteiger charge is -2.05. The second-order valence-electron chi connectivity index (χ2n) is 3.64. The monoisotopic (exact) mass is 293 g/mol. The third kappa shape index (κ3) is 6.49. The zero-order valence-corrected chi connectivity index (χ0v) is 11.8. The molecule has 1 amide bonds. The van der Waals surface area contributed by atoms with Crippen LogP contribution in [0.15, 0.2) is 54.0 Å². The number of nitrogens with two attached hydrogens (primary N) is 1. The maximum Gasteiger partial charge on any atom is 0.250 e. The van der Waals surface area contributed by atoms with Crippen LogP contribution in [0.1, 0.15) is 6.92 Å². The van der Waals surface area contributed by atoms with Gasteiger partial charge in [0, 0.05) is 17.3 Å². The largest absolute Gasteiger partial charge is 0.322 e. The molecular formula is C13H15N3O3S. The van der Waals surface area contributed by atoms with E-state index in [2.05, 4.69) is 18.5 Å². The van der Waals surface area contributed by atoms with Crippen molar-refractivity contribution in [1.29, 1.82) is 5.26 Å². The maximum atomic E-state index is 11.2. The molecular weight excluding hydrogens is 278 g/mol. The number of carbonyl (C=O) groups is 1. The number of primary sulfonamides is 1. The van der Waals surface area contributed by atoms with E-state index in [-0.39, 0.29) is 10.8 Å². The standard InChI is InChI=1S/C10H12N2O3S.C3H3N/c1-7(2)10(13)12-8-3-5-9(6-4-8)16(11,14)15;1-2-3-4/h3-6H,1H2,2H3,(H,12,13)(H2,11,14,15);2H,1H2. The van der Waals surface area contributed by atoms with Gasteiger partial charge in [-0.2, -0.15) is 5.26 Å². The van der Waals surface area contributed by atoms with Gasteiger partial charge in [0.2, 0.25) is 10.0 Å². The lowest BCUT2D eigenvalue weighted by molar-refractivity contribution is -0.112. The van der Waals surface area contributed by atoms with Crippen LogP contribution in [0.3, 0.4) is 0 Å². The molecule has 0 atom stereocenters. The van der Waals surface area contributed by atoms with Gasteiger partial charge in [0.25, 0.3) is 5.91 Å². The van der Waals surface area contributed by atoms with Gasteiger partial charge in [-0.25, -0.2) is 13.6 Å². The summed E-state index contributed by atoms with van der Waals surface area (Å²) in [5, 5.41) is 15.0. The molecule has 0 heterocycles. The minimum atomic E-state index is -3.69. The van der Waals surface area contributed by atoms with Gasteiger partial charge >= 0.3 is 0 Å². The van der Waals surface area contributed by atoms with E-state index in [4.69, 9.17) is 10.4 Å². The molecule has 0 saturated carbocycles. The topological polar surface area (TPSA) is 113 Å². The molecule has 0 radical (unpaired) electrons. The summed E-state index contributed by atoms with van der Waals surface area (Å²) in [6, 6.07) is 7.26. The van der Waals surface area contributed by atoms with Gasteiger partial charge < -0.3 is 5.32 Å². The quantitative estimate of drug-likeness (QED) is 0.650. The van der Waals surface area contributed by atoms with Crippen LogP contribution in [0.25, 0.3) is 0 Å². The van der Waals surface area contributed by atoms with E-state index in [1.54, 1.807) is 13.0 Å². The molecule has 0 fully saturated rings. The number of allylic oxidation sites excluding steroid dienone is 1. The Morgan fingerprint density at radius 3 is 2.15 bits per heavy atom. The van der Waals surface area contributed by atoms with Gasteiger partial charge in [0.1, 0.15) is 0 Å². The number of benzene rings is 1. The molecule has 0 saturated heterocycles. The number of nitrogens with one attached hydrogen (secondary N) is 1. The average molecular weight is 293 g/mol. The Bertz CT molecular complexity index is 640. The van der Waals surface area contributed by atoms with Gasteiger partial charge in [-0.1, -0.05) is 13.2 Å². The van der Waals surface area contributed by atoms with Gasteiger partial charge in [-0.15, -0.1) is 0 Å². The summed E-state index contributed by atoms with van der Waals surface area (Å²) < 4.78 is 21.9. The molecule has 6 nitrogen and oxygen atoms in total. The number of hydrogen-bond donors (Lipinski definition) is 2. The van der Waals surface area contributed by atoms with Crippen LogP contribution in [-0.2, 0) is 14.8 Å². The zero-order valence-electron chi connectivity index (χ0n) is 11.0. The summed E-state index contributed by atoms with van der Waals surface area (Å²) in [6.07, 6.45) is 1.18. The highest BCUT2D eigenvalue weighted by Crippen LogP contribution is 2.13. The summed E-state index contributed by atoms with van der Waals surface area (Å²) in [5.41, 5.74) is 0.857. The van der Waals surface area contributed by atoms with Crippen molar-refractivity contribution in [2.75, 3.05) is 5.32 Å². The number of hydrogen-bond acceptors (Lipinski definition) is 4. The number of amides is 1. The molecule has 106 valence electrons. The van der Waals surface area contributed by atoms with Crippen molar-refractivity contribution in [1.82, 2.24) is 0 Å². The van der Waals surface area contributed by atoms with E-state index in [1.165, 1.54) is 30.3 Å². The van der Waals surface area contributed by atoms with Crippen LogP contribution < -0.4 is 10.5 Å². The SMILES string of the molecule is C=C(C)C(=O)Nc1ccc(S(N)(=O)=O)cc1.C=CC#N. The maximum absolute atomic E-state index is 11.2. The number of nitrogens with zero attached hydrogens (tertiary/aromatic N) is 1. The highest BCUT2D eigenvalue weighted by Gasteiger charge is 2.07. The second-order valence-corrected chi connectivity index (χ2v) is 5.20. The van der Waals surface area contributed by atoms with Crippen molar-refractivity contribution < 1.29 is 13.2 Å². The molecule has 7 heteroatoms. The molecule has 1 rings (SSSR count). The van der Waals surface area contributed by atoms with Crippen molar-refractivity contribution >= 4 is 21.6 Å². The molecule has 0 aliphatic carbocycles. The molecule has 0 bridgehead atoms. The molecule has 0 aliphatic heterocycles. The van der Waals surface area contributed by atoms with Crippen LogP contribution in [0.5, 0.6) is 0 Å². The molecule has 0 aliphatic rings. The van der Waals surface area contributed by atoms with Crippen molar-refractivity contribution in [2.45, 2.75) is 11.8 Å². The van der Waals surface area contributed by atoms with Crippen molar-refractivity contribution in [3.8, 4) is 6.07 Å². The van der Waals surface area contributed by atoms with E-state index >= 15 is 0 Å². The van der Waals surface area contributed by atoms with Crippen LogP contribution in [-0.4, -0.2) is 14.3 Å². The fourth-order valence-electron chi connectivity index (χ4n) is 0.966. The second kappa shape index (κ2) is 7.89. The van der Waals surface area contributed by atoms with Crippen molar-refractivity contribution in [3.63, 3.8) is 0 Å². The van der Waals surface area contributed by atoms with Crippen LogP contribution in [0.4, 0.5) is 5.69 Å². The lowest BCUT2D eigenvalue weighted by atomic mass is 10.3. The Morgan fingerprint density at radius 1 is 1.40 bits per heavy atom. The van der Waals surface area contributed by atoms with E-state index in [0.29, 0.717) is 11.3 Å². The van der Waals surface area contributed by atoms with Gasteiger partial charge in [-0.05, 0) is 31.2 Å². The zero-order chi connectivity index (χ0) is 15.8. The molecule has 1 aromatic carbocycles. The minimum absolute atomic E-state index is 0.000763. The van der Waals surface area contributed by atoms with E-state index in [1.807, 2.05) is 0 Å². The van der Waals surface area contributed by atoms with Crippen molar-refractivity contribution in [3.05, 3.63) is 49.1 Å². The number of rotatable bonds is 3. The van der Waals surface area contributed by atoms with Crippen LogP contribution in [0, 0.1) is 11.3 Å². The molecule has 0 unspecified atom stereocenters. The first-order chi connectivity index (χ1) is 9.22. The van der Waals surface area contributed by atoms with Gasteiger partial charge in [-0.3, -0.25) is 4.79 Å². The first-order valence-corrected chi connectivity index (χ1v) is 6.87. The Kier molecular flexibility index (Phi) is 6.93. The number of sulfonamides is 1. The molecule has 0 aromatic heterocycles. The fourth-order valence-corrected chi connectivity index (χ4v) is 1.48. The van der Waals surface area contributed by atoms with Crippen molar-refractivity contribution in [2.24, 2.45) is 5.14 Å². The summed E-state index contributed by atoms with van der Waals surface area (Å²) in [6.45, 7) is 8.18. The van der Waals surface area contributed by atoms with E-state index in [9.17, 15) is 13.2 Å². The Hall–Kier alpha value is -2.43. The average Bonchev–Trinajstić information content (AvgIpc) is 2.38. The van der Waals surface area contributed by atoms with Gasteiger partial charge in [0.05, 0.1) is 11.0 Å². The Morgan fingerprint density at radius 2 is 1.85 bits per heavy atom. The molecule has 20 heavy (non-hydrogen) atoms. The molecule has 3 N–H and O–H groups in total. The van der Waals surface area contributed by atoms with Crippen LogP contribution in [0.2, 0.25) is 0 Å². The highest BCUT2D eigenvalue weighted by atomic mass is 32.2. The van der Waals surface area contributed by atoms with Crippen LogP contribution >= 0.6 is 0 Å². The first-order valence-electron chi connectivity index (χ1n) is 5.32.